The van der Waals surface area contributed by atoms with Crippen molar-refractivity contribution in [3.63, 3.8) is 0 Å². The molecule has 0 spiro atoms. The number of hydrogen-bond donors (Lipinski definition) is 1. The van der Waals surface area contributed by atoms with Gasteiger partial charge in [0, 0.05) is 30.4 Å². The van der Waals surface area contributed by atoms with Crippen LogP contribution in [0.2, 0.25) is 0 Å². The molecule has 118 valence electrons. The minimum Gasteiger partial charge on any atom is -0.385 e. The third-order valence-electron chi connectivity index (χ3n) is 5.83. The first-order chi connectivity index (χ1) is 10.8. The highest BCUT2D eigenvalue weighted by atomic mass is 16.2. The highest BCUT2D eigenvalue weighted by Crippen LogP contribution is 2.37. The van der Waals surface area contributed by atoms with Gasteiger partial charge >= 0.3 is 0 Å². The molecule has 22 heavy (non-hydrogen) atoms. The summed E-state index contributed by atoms with van der Waals surface area (Å²) in [5.74, 6) is 1.04. The number of carbonyl (C=O) groups is 1. The second-order valence-electron chi connectivity index (χ2n) is 7.11. The van der Waals surface area contributed by atoms with Crippen molar-refractivity contribution < 1.29 is 4.79 Å². The van der Waals surface area contributed by atoms with E-state index in [0.29, 0.717) is 6.04 Å². The van der Waals surface area contributed by atoms with E-state index in [1.165, 1.54) is 49.8 Å². The van der Waals surface area contributed by atoms with E-state index < -0.39 is 0 Å². The van der Waals surface area contributed by atoms with Crippen LogP contribution in [0.25, 0.3) is 0 Å². The standard InChI is InChI=1S/C19H26N2O/c22-19(16-8-3-10-17-15(16)9-4-12-20-17)21-13-5-11-18(21)14-6-1-2-7-14/h3,8,10,14,18,20H,1-2,4-7,9,11-13H2. The van der Waals surface area contributed by atoms with Gasteiger partial charge in [-0.15, -0.1) is 0 Å². The van der Waals surface area contributed by atoms with Crippen molar-refractivity contribution in [3.8, 4) is 0 Å². The summed E-state index contributed by atoms with van der Waals surface area (Å²) >= 11 is 0. The van der Waals surface area contributed by atoms with Crippen LogP contribution < -0.4 is 5.32 Å². The van der Waals surface area contributed by atoms with Crippen molar-refractivity contribution in [1.29, 1.82) is 0 Å². The van der Waals surface area contributed by atoms with Crippen LogP contribution in [0.1, 0.15) is 60.9 Å². The van der Waals surface area contributed by atoms with Gasteiger partial charge in [0.2, 0.25) is 0 Å². The molecule has 1 aromatic rings. The first-order valence-electron chi connectivity index (χ1n) is 9.01. The molecule has 2 aliphatic heterocycles. The molecule has 0 aromatic heterocycles. The molecule has 2 fully saturated rings. The molecule has 1 unspecified atom stereocenters. The Bertz CT molecular complexity index is 563. The summed E-state index contributed by atoms with van der Waals surface area (Å²) in [7, 11) is 0. The van der Waals surface area contributed by atoms with Crippen LogP contribution in [0.4, 0.5) is 5.69 Å². The van der Waals surface area contributed by atoms with E-state index >= 15 is 0 Å². The quantitative estimate of drug-likeness (QED) is 0.899. The number of likely N-dealkylation sites (tertiary alicyclic amines) is 1. The molecule has 4 rings (SSSR count). The summed E-state index contributed by atoms with van der Waals surface area (Å²) in [6, 6.07) is 6.69. The smallest absolute Gasteiger partial charge is 0.254 e. The predicted octanol–water partition coefficient (Wildman–Crippen LogP) is 3.84. The van der Waals surface area contributed by atoms with E-state index in [-0.39, 0.29) is 5.91 Å². The molecule has 3 aliphatic rings. The molecular weight excluding hydrogens is 272 g/mol. The van der Waals surface area contributed by atoms with E-state index in [0.717, 1.165) is 37.4 Å². The van der Waals surface area contributed by atoms with Crippen molar-refractivity contribution in [3.05, 3.63) is 29.3 Å². The minimum absolute atomic E-state index is 0.287. The van der Waals surface area contributed by atoms with Crippen LogP contribution >= 0.6 is 0 Å². The number of hydrogen-bond acceptors (Lipinski definition) is 2. The fourth-order valence-corrected chi connectivity index (χ4v) is 4.74. The molecule has 0 radical (unpaired) electrons. The summed E-state index contributed by atoms with van der Waals surface area (Å²) in [4.78, 5) is 15.4. The Balaban J connectivity index is 1.61. The van der Waals surface area contributed by atoms with E-state index in [4.69, 9.17) is 0 Å². The van der Waals surface area contributed by atoms with Crippen LogP contribution in [-0.4, -0.2) is 29.9 Å². The van der Waals surface area contributed by atoms with Gasteiger partial charge in [0.05, 0.1) is 0 Å². The van der Waals surface area contributed by atoms with E-state index in [1.54, 1.807) is 0 Å². The second-order valence-corrected chi connectivity index (χ2v) is 7.11. The maximum atomic E-state index is 13.2. The van der Waals surface area contributed by atoms with Crippen molar-refractivity contribution in [2.45, 2.75) is 57.4 Å². The Morgan fingerprint density at radius 2 is 1.95 bits per heavy atom. The summed E-state index contributed by atoms with van der Waals surface area (Å²) in [5.41, 5.74) is 3.37. The zero-order chi connectivity index (χ0) is 14.9. The fourth-order valence-electron chi connectivity index (χ4n) is 4.74. The van der Waals surface area contributed by atoms with E-state index in [9.17, 15) is 4.79 Å². The Morgan fingerprint density at radius 1 is 1.09 bits per heavy atom. The van der Waals surface area contributed by atoms with E-state index in [2.05, 4.69) is 16.3 Å². The number of nitrogens with one attached hydrogen (secondary N) is 1. The first-order valence-corrected chi connectivity index (χ1v) is 9.01. The largest absolute Gasteiger partial charge is 0.385 e. The van der Waals surface area contributed by atoms with Crippen molar-refractivity contribution in [2.75, 3.05) is 18.4 Å². The van der Waals surface area contributed by atoms with Gasteiger partial charge in [0.1, 0.15) is 0 Å². The zero-order valence-electron chi connectivity index (χ0n) is 13.3. The number of rotatable bonds is 2. The molecule has 3 nitrogen and oxygen atoms in total. The molecule has 1 atom stereocenters. The van der Waals surface area contributed by atoms with Crippen LogP contribution in [0.3, 0.4) is 0 Å². The van der Waals surface area contributed by atoms with Gasteiger partial charge in [0.15, 0.2) is 0 Å². The number of benzene rings is 1. The Hall–Kier alpha value is -1.51. The molecule has 1 aliphatic carbocycles. The molecule has 1 saturated carbocycles. The average molecular weight is 298 g/mol. The molecule has 0 bridgehead atoms. The number of amides is 1. The molecular formula is C19H26N2O. The van der Waals surface area contributed by atoms with Crippen LogP contribution in [-0.2, 0) is 6.42 Å². The van der Waals surface area contributed by atoms with Gasteiger partial charge in [-0.3, -0.25) is 4.79 Å². The van der Waals surface area contributed by atoms with Crippen LogP contribution in [0, 0.1) is 5.92 Å². The summed E-state index contributed by atoms with van der Waals surface area (Å²) in [6.07, 6.45) is 9.91. The van der Waals surface area contributed by atoms with Gasteiger partial charge in [-0.05, 0) is 62.1 Å². The van der Waals surface area contributed by atoms with Crippen LogP contribution in [0.5, 0.6) is 0 Å². The van der Waals surface area contributed by atoms with Gasteiger partial charge in [-0.2, -0.15) is 0 Å². The SMILES string of the molecule is O=C(c1cccc2c1CCCN2)N1CCCC1C1CCCC1. The van der Waals surface area contributed by atoms with Gasteiger partial charge < -0.3 is 10.2 Å². The number of carbonyl (C=O) groups excluding carboxylic acids is 1. The predicted molar refractivity (Wildman–Crippen MR) is 89.3 cm³/mol. The van der Waals surface area contributed by atoms with E-state index in [1.807, 2.05) is 12.1 Å². The normalized spacial score (nSPS) is 25.1. The molecule has 1 aromatic carbocycles. The van der Waals surface area contributed by atoms with Gasteiger partial charge in [0.25, 0.3) is 5.91 Å². The lowest BCUT2D eigenvalue weighted by molar-refractivity contribution is 0.0688. The fraction of sp³-hybridized carbons (Fsp3) is 0.632. The first kappa shape index (κ1) is 14.1. The summed E-state index contributed by atoms with van der Waals surface area (Å²) < 4.78 is 0. The van der Waals surface area contributed by atoms with Crippen molar-refractivity contribution >= 4 is 11.6 Å². The lowest BCUT2D eigenvalue weighted by Crippen LogP contribution is -2.40. The summed E-state index contributed by atoms with van der Waals surface area (Å²) in [5, 5.41) is 3.44. The maximum Gasteiger partial charge on any atom is 0.254 e. The monoisotopic (exact) mass is 298 g/mol. The maximum absolute atomic E-state index is 13.2. The third-order valence-corrected chi connectivity index (χ3v) is 5.83. The topological polar surface area (TPSA) is 32.3 Å². The number of anilines is 1. The van der Waals surface area contributed by atoms with Crippen LogP contribution in [0.15, 0.2) is 18.2 Å². The number of nitrogens with zero attached hydrogens (tertiary/aromatic N) is 1. The molecule has 1 N–H and O–H groups in total. The Kier molecular flexibility index (Phi) is 3.81. The van der Waals surface area contributed by atoms with Gasteiger partial charge in [-0.25, -0.2) is 0 Å². The Morgan fingerprint density at radius 3 is 2.82 bits per heavy atom. The van der Waals surface area contributed by atoms with Crippen molar-refractivity contribution in [1.82, 2.24) is 4.90 Å². The molecule has 3 heteroatoms. The second kappa shape index (κ2) is 5.94. The molecule has 1 amide bonds. The average Bonchev–Trinajstić information content (AvgIpc) is 3.24. The van der Waals surface area contributed by atoms with Crippen molar-refractivity contribution in [2.24, 2.45) is 5.92 Å². The highest BCUT2D eigenvalue weighted by molar-refractivity contribution is 5.97. The summed E-state index contributed by atoms with van der Waals surface area (Å²) in [6.45, 7) is 1.98. The molecule has 2 heterocycles. The Labute approximate surface area is 133 Å². The molecule has 1 saturated heterocycles. The van der Waals surface area contributed by atoms with Gasteiger partial charge in [-0.1, -0.05) is 18.9 Å². The lowest BCUT2D eigenvalue weighted by Gasteiger charge is -2.31. The lowest BCUT2D eigenvalue weighted by atomic mass is 9.94. The zero-order valence-corrected chi connectivity index (χ0v) is 13.3. The minimum atomic E-state index is 0.287. The third kappa shape index (κ3) is 2.41. The highest BCUT2D eigenvalue weighted by Gasteiger charge is 2.36. The number of fused-ring (bicyclic) bond motifs is 1.